The van der Waals surface area contributed by atoms with E-state index in [0.29, 0.717) is 13.2 Å². The quantitative estimate of drug-likeness (QED) is 0.631. The predicted octanol–water partition coefficient (Wildman–Crippen LogP) is 3.77. The van der Waals surface area contributed by atoms with Gasteiger partial charge < -0.3 is 10.1 Å². The molecule has 0 spiro atoms. The first-order valence-corrected chi connectivity index (χ1v) is 8.74. The van der Waals surface area contributed by atoms with E-state index in [1.165, 1.54) is 12.8 Å². The van der Waals surface area contributed by atoms with E-state index in [2.05, 4.69) is 17.1 Å². The number of hydrogen-bond acceptors (Lipinski definition) is 3. The number of unbranched alkanes of at least 4 members (excludes halogenated alkanes) is 2. The Labute approximate surface area is 141 Å². The summed E-state index contributed by atoms with van der Waals surface area (Å²) in [5.74, 6) is 0.0513. The molecule has 0 saturated carbocycles. The number of aryl methyl sites for hydroxylation is 2. The topological polar surface area (TPSA) is 41.6 Å². The molecule has 0 unspecified atom stereocenters. The first kappa shape index (κ1) is 19.7. The predicted molar refractivity (Wildman–Crippen MR) is 97.0 cm³/mol. The molecule has 0 bridgehead atoms. The molecule has 130 valence electrons. The van der Waals surface area contributed by atoms with Gasteiger partial charge in [-0.25, -0.2) is 0 Å². The maximum atomic E-state index is 12.4. The maximum absolute atomic E-state index is 12.4. The second kappa shape index (κ2) is 11.2. The molecule has 23 heavy (non-hydrogen) atoms. The van der Waals surface area contributed by atoms with Gasteiger partial charge in [0, 0.05) is 18.8 Å². The highest BCUT2D eigenvalue weighted by Crippen LogP contribution is 2.19. The van der Waals surface area contributed by atoms with Gasteiger partial charge in [-0.15, -0.1) is 0 Å². The summed E-state index contributed by atoms with van der Waals surface area (Å²) in [5, 5.41) is 3.07. The van der Waals surface area contributed by atoms with Crippen LogP contribution < -0.4 is 5.32 Å². The van der Waals surface area contributed by atoms with Crippen molar-refractivity contribution in [2.75, 3.05) is 38.2 Å². The Morgan fingerprint density at radius 2 is 1.83 bits per heavy atom. The molecule has 0 aliphatic rings. The van der Waals surface area contributed by atoms with Crippen LogP contribution in [0.4, 0.5) is 5.69 Å². The molecule has 0 radical (unpaired) electrons. The summed E-state index contributed by atoms with van der Waals surface area (Å²) in [6.07, 6.45) is 3.51. The van der Waals surface area contributed by atoms with Crippen LogP contribution in [0.15, 0.2) is 18.2 Å². The van der Waals surface area contributed by atoms with Crippen LogP contribution in [0.5, 0.6) is 0 Å². The minimum atomic E-state index is 0.0513. The van der Waals surface area contributed by atoms with Crippen LogP contribution in [-0.2, 0) is 9.53 Å². The van der Waals surface area contributed by atoms with Gasteiger partial charge in [-0.2, -0.15) is 0 Å². The Kier molecular flexibility index (Phi) is 9.57. The lowest BCUT2D eigenvalue weighted by Gasteiger charge is -2.22. The number of anilines is 1. The highest BCUT2D eigenvalue weighted by molar-refractivity contribution is 5.93. The number of nitrogens with zero attached hydrogens (tertiary/aromatic N) is 1. The number of carbonyl (C=O) groups excluding carboxylic acids is 1. The number of rotatable bonds is 11. The van der Waals surface area contributed by atoms with Gasteiger partial charge in [0.05, 0.1) is 13.2 Å². The molecule has 0 aliphatic heterocycles. The van der Waals surface area contributed by atoms with Gasteiger partial charge >= 0.3 is 0 Å². The van der Waals surface area contributed by atoms with E-state index >= 15 is 0 Å². The molecule has 1 N–H and O–H groups in total. The Hall–Kier alpha value is -1.39. The normalized spacial score (nSPS) is 11.0. The van der Waals surface area contributed by atoms with Crippen LogP contribution in [0, 0.1) is 13.8 Å². The summed E-state index contributed by atoms with van der Waals surface area (Å²) in [7, 11) is 0. The summed E-state index contributed by atoms with van der Waals surface area (Å²) >= 11 is 0. The molecule has 0 aromatic heterocycles. The van der Waals surface area contributed by atoms with Gasteiger partial charge in [-0.05, 0) is 44.9 Å². The number of benzene rings is 1. The Balaban J connectivity index is 2.56. The third-order valence-corrected chi connectivity index (χ3v) is 3.95. The average Bonchev–Trinajstić information content (AvgIpc) is 2.51. The number of nitrogens with one attached hydrogen (secondary N) is 1. The largest absolute Gasteiger partial charge is 0.380 e. The number of amides is 1. The van der Waals surface area contributed by atoms with Crippen LogP contribution in [0.25, 0.3) is 0 Å². The molecule has 1 amide bonds. The average molecular weight is 320 g/mol. The second-order valence-electron chi connectivity index (χ2n) is 6.00. The van der Waals surface area contributed by atoms with Crippen LogP contribution in [0.3, 0.4) is 0 Å². The zero-order chi connectivity index (χ0) is 17.1. The summed E-state index contributed by atoms with van der Waals surface area (Å²) in [6.45, 7) is 11.8. The number of para-hydroxylation sites is 1. The third kappa shape index (κ3) is 7.62. The summed E-state index contributed by atoms with van der Waals surface area (Å²) < 4.78 is 5.43. The molecule has 4 heteroatoms. The highest BCUT2D eigenvalue weighted by atomic mass is 16.5. The Morgan fingerprint density at radius 1 is 1.13 bits per heavy atom. The maximum Gasteiger partial charge on any atom is 0.238 e. The van der Waals surface area contributed by atoms with E-state index in [9.17, 15) is 4.79 Å². The van der Waals surface area contributed by atoms with Crippen molar-refractivity contribution in [3.63, 3.8) is 0 Å². The molecule has 0 saturated heterocycles. The van der Waals surface area contributed by atoms with E-state index < -0.39 is 0 Å². The molecule has 1 rings (SSSR count). The fourth-order valence-electron chi connectivity index (χ4n) is 2.59. The molecule has 0 heterocycles. The van der Waals surface area contributed by atoms with Crippen molar-refractivity contribution in [1.29, 1.82) is 0 Å². The fraction of sp³-hybridized carbons (Fsp3) is 0.632. The van der Waals surface area contributed by atoms with Gasteiger partial charge in [0.25, 0.3) is 0 Å². The zero-order valence-corrected chi connectivity index (χ0v) is 15.2. The molecule has 0 atom stereocenters. The van der Waals surface area contributed by atoms with Gasteiger partial charge in [-0.3, -0.25) is 9.69 Å². The third-order valence-electron chi connectivity index (χ3n) is 3.95. The molecule has 4 nitrogen and oxygen atoms in total. The smallest absolute Gasteiger partial charge is 0.238 e. The van der Waals surface area contributed by atoms with Crippen molar-refractivity contribution in [2.45, 2.75) is 47.0 Å². The molecule has 1 aromatic carbocycles. The minimum absolute atomic E-state index is 0.0513. The molecule has 0 fully saturated rings. The second-order valence-corrected chi connectivity index (χ2v) is 6.00. The lowest BCUT2D eigenvalue weighted by molar-refractivity contribution is -0.117. The zero-order valence-electron chi connectivity index (χ0n) is 15.2. The summed E-state index contributed by atoms with van der Waals surface area (Å²) in [6, 6.07) is 6.06. The standard InChI is InChI=1S/C19H32N2O2/c1-5-7-8-12-21(13-14-23-6-2)15-18(22)20-19-16(3)10-9-11-17(19)4/h9-11H,5-8,12-15H2,1-4H3,(H,20,22). The monoisotopic (exact) mass is 320 g/mol. The fourth-order valence-corrected chi connectivity index (χ4v) is 2.59. The van der Waals surface area contributed by atoms with Crippen LogP contribution in [0.1, 0.15) is 44.2 Å². The lowest BCUT2D eigenvalue weighted by Crippen LogP contribution is -2.36. The molecular formula is C19H32N2O2. The van der Waals surface area contributed by atoms with Crippen molar-refractivity contribution in [3.8, 4) is 0 Å². The van der Waals surface area contributed by atoms with E-state index in [1.807, 2.05) is 39.0 Å². The Bertz CT molecular complexity index is 444. The van der Waals surface area contributed by atoms with Crippen LogP contribution in [0.2, 0.25) is 0 Å². The van der Waals surface area contributed by atoms with Gasteiger partial charge in [0.15, 0.2) is 0 Å². The molecule has 1 aromatic rings. The van der Waals surface area contributed by atoms with Gasteiger partial charge in [0.1, 0.15) is 0 Å². The van der Waals surface area contributed by atoms with Gasteiger partial charge in [0.2, 0.25) is 5.91 Å². The molecular weight excluding hydrogens is 288 g/mol. The van der Waals surface area contributed by atoms with Crippen molar-refractivity contribution < 1.29 is 9.53 Å². The Morgan fingerprint density at radius 3 is 2.43 bits per heavy atom. The van der Waals surface area contributed by atoms with Crippen LogP contribution >= 0.6 is 0 Å². The van der Waals surface area contributed by atoms with E-state index in [1.54, 1.807) is 0 Å². The minimum Gasteiger partial charge on any atom is -0.380 e. The van der Waals surface area contributed by atoms with Crippen molar-refractivity contribution >= 4 is 11.6 Å². The van der Waals surface area contributed by atoms with E-state index in [-0.39, 0.29) is 5.91 Å². The highest BCUT2D eigenvalue weighted by Gasteiger charge is 2.12. The number of ether oxygens (including phenoxy) is 1. The first-order valence-electron chi connectivity index (χ1n) is 8.74. The van der Waals surface area contributed by atoms with E-state index in [4.69, 9.17) is 4.74 Å². The first-order chi connectivity index (χ1) is 11.1. The van der Waals surface area contributed by atoms with Crippen molar-refractivity contribution in [1.82, 2.24) is 4.90 Å². The number of hydrogen-bond donors (Lipinski definition) is 1. The summed E-state index contributed by atoms with van der Waals surface area (Å²) in [4.78, 5) is 14.6. The SMILES string of the molecule is CCCCCN(CCOCC)CC(=O)Nc1c(C)cccc1C. The molecule has 0 aliphatic carbocycles. The number of carbonyl (C=O) groups is 1. The van der Waals surface area contributed by atoms with E-state index in [0.717, 1.165) is 42.9 Å². The van der Waals surface area contributed by atoms with Gasteiger partial charge in [-0.1, -0.05) is 38.0 Å². The van der Waals surface area contributed by atoms with Crippen molar-refractivity contribution in [3.05, 3.63) is 29.3 Å². The van der Waals surface area contributed by atoms with Crippen LogP contribution in [-0.4, -0.2) is 43.7 Å². The lowest BCUT2D eigenvalue weighted by atomic mass is 10.1. The summed E-state index contributed by atoms with van der Waals surface area (Å²) in [5.41, 5.74) is 3.14. The van der Waals surface area contributed by atoms with Crippen molar-refractivity contribution in [2.24, 2.45) is 0 Å².